The molecule has 0 fully saturated rings. The highest BCUT2D eigenvalue weighted by Crippen LogP contribution is 2.38. The molecule has 0 amide bonds. The van der Waals surface area contributed by atoms with Crippen molar-refractivity contribution in [2.45, 2.75) is 201 Å². The summed E-state index contributed by atoms with van der Waals surface area (Å²) in [5, 5.41) is 48.5. The fourth-order valence-corrected chi connectivity index (χ4v) is 13.6. The lowest BCUT2D eigenvalue weighted by Crippen LogP contribution is -2.20. The van der Waals surface area contributed by atoms with Crippen LogP contribution in [0, 0.1) is 103 Å². The summed E-state index contributed by atoms with van der Waals surface area (Å²) in [6.45, 7) is 39.0. The first-order valence-corrected chi connectivity index (χ1v) is 48.6. The molecule has 27 heteroatoms. The van der Waals surface area contributed by atoms with Crippen molar-refractivity contribution >= 4 is 63.4 Å². The number of nitro groups is 2. The van der Waals surface area contributed by atoms with Crippen LogP contribution in [0.1, 0.15) is 227 Å². The van der Waals surface area contributed by atoms with E-state index in [1.165, 1.54) is 64.3 Å². The summed E-state index contributed by atoms with van der Waals surface area (Å²) < 4.78 is 55.4. The van der Waals surface area contributed by atoms with E-state index in [0.717, 1.165) is 33.4 Å². The molecule has 0 aliphatic carbocycles. The monoisotopic (exact) mass is 2020 g/mol. The molecule has 1 N–H and O–H groups in total. The zero-order chi connectivity index (χ0) is 111. The Bertz CT molecular complexity index is 5910. The second-order valence-electron chi connectivity index (χ2n) is 37.1. The standard InChI is InChI=1S/C20H24O3.C16H22O3.C13H17FO3.C13H18O4.2C12H13NO.C12H16O.2C11H13NO3/c1-14(2)20(21)17(12-15-8-6-5-7-9-15)16-10-11-18(22-3)19(13-16)23-4;1-6-7-13(16(17)11(2)3)12-8-9-14(18-4)15(10-12)19-5;1-8(2)13(15)12(14)9-5-6-10(16-3)11(7-9)17-4;1-8(2)12(14)13(15)9-5-6-10(16-3)11(7-9)17-4;1-9(2)12(14)7-10-4-3-5-11(6-10)8-13;1-9(2)12(14)7-10-5-3-4-6-11(10)8-13;1-9(2)12(13)8-11-6-4-10(3)5-7-11;1-8(2)11(13)7-9-4-3-5-10(6-9)12(14)15;1-8(2)11(13)7-9-5-3-4-6-10(9)12(14)15/h5-11,13-14,17H,12H2,1-4H3;6,8-11,13H,1,7H2,2-5H3;5-8,12H,1-4H3;5-8,13,15H,1-4H3;2*3-6,9H,7H2,1-2H3;4-7,9H,8H2,1-3H3;2*3-6,8H,7H2,1-2H3. The number of benzene rings is 10. The number of ketones is 9. The third kappa shape index (κ3) is 45.1. The summed E-state index contributed by atoms with van der Waals surface area (Å²) >= 11 is 0. The molecule has 0 spiro atoms. The number of methoxy groups -OCH3 is 8. The van der Waals surface area contributed by atoms with E-state index in [1.807, 2.05) is 199 Å². The number of nitriles is 2. The van der Waals surface area contributed by atoms with Crippen LogP contribution in [0.2, 0.25) is 0 Å². The summed E-state index contributed by atoms with van der Waals surface area (Å²) in [5.41, 5.74) is 10.4. The summed E-state index contributed by atoms with van der Waals surface area (Å²) in [7, 11) is 12.4. The highest BCUT2D eigenvalue weighted by atomic mass is 19.1. The largest absolute Gasteiger partial charge is 0.493 e. The Hall–Kier alpha value is -15.0. The molecule has 0 saturated carbocycles. The van der Waals surface area contributed by atoms with Gasteiger partial charge in [-0.05, 0) is 137 Å². The number of allylic oxidation sites excluding steroid dienone is 1. The maximum absolute atomic E-state index is 13.9. The van der Waals surface area contributed by atoms with Gasteiger partial charge < -0.3 is 43.0 Å². The molecule has 0 aliphatic rings. The third-order valence-electron chi connectivity index (χ3n) is 22.9. The van der Waals surface area contributed by atoms with Crippen LogP contribution in [0.25, 0.3) is 0 Å². The van der Waals surface area contributed by atoms with E-state index in [-0.39, 0.29) is 130 Å². The quantitative estimate of drug-likeness (QED) is 0.0211. The van der Waals surface area contributed by atoms with Gasteiger partial charge in [0.05, 0.1) is 90.0 Å². The first-order valence-electron chi connectivity index (χ1n) is 48.6. The summed E-state index contributed by atoms with van der Waals surface area (Å²) in [4.78, 5) is 126. The SMILES string of the molecule is C=CCC(C(=O)C(C)C)c1ccc(OC)c(OC)c1.CC(C)C(=O)Cc1cccc(C#N)c1.CC(C)C(=O)Cc1cccc([N+](=O)[O-])c1.CC(C)C(=O)Cc1ccccc1C#N.CC(C)C(=O)Cc1ccccc1[N+](=O)[O-].COc1ccc(C(Cc2ccccc2)C(=O)C(C)C)cc1OC.COc1ccc(C(F)C(=O)C(C)C)cc1OC.COc1ccc(C(O)C(=O)C(C)C)cc1OC.Cc1ccc(CC(=O)C(C)C)cc1. The number of hydrogen-bond acceptors (Lipinski definition) is 24. The van der Waals surface area contributed by atoms with Crippen LogP contribution >= 0.6 is 0 Å². The normalized spacial score (nSPS) is 11.2. The number of halogens is 1. The van der Waals surface area contributed by atoms with Crippen molar-refractivity contribution in [2.75, 3.05) is 56.9 Å². The molecule has 147 heavy (non-hydrogen) atoms. The fourth-order valence-electron chi connectivity index (χ4n) is 13.6. The lowest BCUT2D eigenvalue weighted by molar-refractivity contribution is -0.385. The van der Waals surface area contributed by atoms with Crippen molar-refractivity contribution in [1.29, 1.82) is 10.5 Å². The maximum Gasteiger partial charge on any atom is 0.273 e. The maximum atomic E-state index is 13.9. The first kappa shape index (κ1) is 128. The number of nitrogens with zero attached hydrogens (tertiary/aromatic N) is 4. The number of hydrogen-bond donors (Lipinski definition) is 1. The Labute approximate surface area is 868 Å². The second kappa shape index (κ2) is 67.6. The van der Waals surface area contributed by atoms with Crippen molar-refractivity contribution in [3.8, 4) is 58.1 Å². The molecule has 10 aromatic rings. The Balaban J connectivity index is 0.000000562. The fraction of sp³-hybridized carbons (Fsp3) is 0.392. The molecule has 10 rings (SSSR count). The molecule has 0 radical (unpaired) electrons. The van der Waals surface area contributed by atoms with Gasteiger partial charge in [0.2, 0.25) is 0 Å². The predicted molar refractivity (Wildman–Crippen MR) is 574 cm³/mol. The van der Waals surface area contributed by atoms with Crippen molar-refractivity contribution in [2.24, 2.45) is 53.3 Å². The molecule has 0 saturated heterocycles. The summed E-state index contributed by atoms with van der Waals surface area (Å²) in [5.74, 6) is 4.43. The Kier molecular flexibility index (Phi) is 58.9. The third-order valence-corrected chi connectivity index (χ3v) is 22.9. The van der Waals surface area contributed by atoms with E-state index >= 15 is 0 Å². The number of carbonyl (C=O) groups excluding carboxylic acids is 9. The van der Waals surface area contributed by atoms with Crippen LogP contribution in [0.15, 0.2) is 237 Å². The zero-order valence-corrected chi connectivity index (χ0v) is 90.3. The van der Waals surface area contributed by atoms with Gasteiger partial charge in [0.25, 0.3) is 11.4 Å². The average molecular weight is 2020 g/mol. The number of ether oxygens (including phenoxy) is 8. The number of para-hydroxylation sites is 1. The van der Waals surface area contributed by atoms with Crippen LogP contribution in [-0.4, -0.2) is 124 Å². The van der Waals surface area contributed by atoms with E-state index in [1.54, 1.807) is 149 Å². The molecule has 4 unspecified atom stereocenters. The van der Waals surface area contributed by atoms with Crippen molar-refractivity contribution in [3.05, 3.63) is 330 Å². The molecular formula is C120H149FN4O22. The molecule has 0 aliphatic heterocycles. The zero-order valence-electron chi connectivity index (χ0n) is 90.3. The highest BCUT2D eigenvalue weighted by molar-refractivity contribution is 5.90. The number of Topliss-reactive ketones (excluding diaryl/α,β-unsaturated/α-hetero) is 9. The molecule has 4 atom stereocenters. The van der Waals surface area contributed by atoms with Gasteiger partial charge in [0, 0.05) is 121 Å². The minimum Gasteiger partial charge on any atom is -0.493 e. The second-order valence-corrected chi connectivity index (χ2v) is 37.1. The predicted octanol–water partition coefficient (Wildman–Crippen LogP) is 24.9. The van der Waals surface area contributed by atoms with E-state index < -0.39 is 27.9 Å². The van der Waals surface area contributed by atoms with Crippen LogP contribution in [0.4, 0.5) is 15.8 Å². The number of aliphatic hydroxyl groups is 1. The van der Waals surface area contributed by atoms with Gasteiger partial charge in [-0.2, -0.15) is 10.5 Å². The minimum atomic E-state index is -1.62. The topological polar surface area (TPSA) is 382 Å². The van der Waals surface area contributed by atoms with Gasteiger partial charge in [0.15, 0.2) is 63.7 Å². The Morgan fingerprint density at radius 2 is 0.694 bits per heavy atom. The van der Waals surface area contributed by atoms with Gasteiger partial charge in [-0.3, -0.25) is 63.4 Å². The molecule has 0 bridgehead atoms. The van der Waals surface area contributed by atoms with E-state index in [2.05, 4.69) is 30.9 Å². The van der Waals surface area contributed by atoms with Crippen molar-refractivity contribution < 1.29 is 100 Å². The molecule has 26 nitrogen and oxygen atoms in total. The van der Waals surface area contributed by atoms with Gasteiger partial charge >= 0.3 is 0 Å². The number of nitro benzene ring substituents is 2. The number of rotatable bonds is 41. The molecule has 0 heterocycles. The number of aryl methyl sites for hydroxylation is 1. The number of alkyl halides is 1. The summed E-state index contributed by atoms with van der Waals surface area (Å²) in [6.07, 6.45) is 2.12. The molecule has 788 valence electrons. The Morgan fingerprint density at radius 3 is 1.10 bits per heavy atom. The van der Waals surface area contributed by atoms with Gasteiger partial charge in [0.1, 0.15) is 46.6 Å². The smallest absolute Gasteiger partial charge is 0.273 e. The van der Waals surface area contributed by atoms with Crippen LogP contribution in [0.3, 0.4) is 0 Å². The highest BCUT2D eigenvalue weighted by Gasteiger charge is 2.29. The van der Waals surface area contributed by atoms with E-state index in [0.29, 0.717) is 117 Å². The van der Waals surface area contributed by atoms with Crippen LogP contribution in [0.5, 0.6) is 46.0 Å². The molecular weight excluding hydrogens is 1870 g/mol. The van der Waals surface area contributed by atoms with Crippen LogP contribution < -0.4 is 37.9 Å². The Morgan fingerprint density at radius 1 is 0.347 bits per heavy atom. The number of aliphatic hydroxyl groups excluding tert-OH is 1. The van der Waals surface area contributed by atoms with Crippen LogP contribution in [-0.2, 0) is 81.7 Å². The molecule has 10 aromatic carbocycles. The van der Waals surface area contributed by atoms with Crippen molar-refractivity contribution in [3.63, 3.8) is 0 Å². The lowest BCUT2D eigenvalue weighted by atomic mass is 9.84. The number of carbonyl (C=O) groups is 9. The number of non-ortho nitro benzene ring substituents is 1. The summed E-state index contributed by atoms with van der Waals surface area (Å²) in [6, 6.07) is 70.2. The molecule has 0 aromatic heterocycles. The van der Waals surface area contributed by atoms with E-state index in [4.69, 9.17) is 48.4 Å². The minimum absolute atomic E-state index is 0.00181. The lowest BCUT2D eigenvalue weighted by Gasteiger charge is -2.20. The first-order chi connectivity index (χ1) is 69.5. The average Bonchev–Trinajstić information content (AvgIpc) is 0.819. The van der Waals surface area contributed by atoms with Gasteiger partial charge in [-0.15, -0.1) is 6.58 Å². The van der Waals surface area contributed by atoms with Crippen molar-refractivity contribution in [1.82, 2.24) is 0 Å². The van der Waals surface area contributed by atoms with Gasteiger partial charge in [-0.1, -0.05) is 276 Å². The van der Waals surface area contributed by atoms with E-state index in [9.17, 15) is 72.9 Å². The van der Waals surface area contributed by atoms with Gasteiger partial charge in [-0.25, -0.2) is 4.39 Å².